The van der Waals surface area contributed by atoms with E-state index in [1.807, 2.05) is 0 Å². The van der Waals surface area contributed by atoms with Crippen LogP contribution >= 0.6 is 0 Å². The van der Waals surface area contributed by atoms with Crippen LogP contribution in [0.2, 0.25) is 0 Å². The van der Waals surface area contributed by atoms with Gasteiger partial charge < -0.3 is 19.1 Å². The maximum absolute atomic E-state index is 12.5. The highest BCUT2D eigenvalue weighted by Crippen LogP contribution is 2.33. The van der Waals surface area contributed by atoms with Gasteiger partial charge in [0.25, 0.3) is 5.91 Å². The van der Waals surface area contributed by atoms with Gasteiger partial charge in [0.2, 0.25) is 0 Å². The van der Waals surface area contributed by atoms with Crippen LogP contribution in [0.25, 0.3) is 0 Å². The molecule has 0 atom stereocenters. The number of hydrogen-bond acceptors (Lipinski definition) is 4. The van der Waals surface area contributed by atoms with Crippen LogP contribution in [0, 0.1) is 0 Å². The van der Waals surface area contributed by atoms with E-state index in [-0.39, 0.29) is 23.0 Å². The van der Waals surface area contributed by atoms with Crippen molar-refractivity contribution < 1.29 is 27.8 Å². The van der Waals surface area contributed by atoms with E-state index in [0.29, 0.717) is 26.3 Å². The highest BCUT2D eigenvalue weighted by atomic mass is 19.3. The van der Waals surface area contributed by atoms with Crippen LogP contribution in [0.4, 0.5) is 8.78 Å². The Kier molecular flexibility index (Phi) is 4.73. The van der Waals surface area contributed by atoms with Crippen molar-refractivity contribution in [3.05, 3.63) is 23.8 Å². The van der Waals surface area contributed by atoms with E-state index in [0.717, 1.165) is 0 Å². The van der Waals surface area contributed by atoms with Crippen LogP contribution < -0.4 is 9.47 Å². The summed E-state index contributed by atoms with van der Waals surface area (Å²) in [5, 5.41) is 0. The summed E-state index contributed by atoms with van der Waals surface area (Å²) in [6.07, 6.45) is 0. The third-order valence-electron chi connectivity index (χ3n) is 2.93. The summed E-state index contributed by atoms with van der Waals surface area (Å²) < 4.78 is 39.6. The third-order valence-corrected chi connectivity index (χ3v) is 2.93. The molecule has 1 aromatic rings. The largest absolute Gasteiger partial charge is 0.493 e. The molecule has 1 amide bonds. The minimum atomic E-state index is -3.03. The topological polar surface area (TPSA) is 48.0 Å². The minimum absolute atomic E-state index is 0.0616. The lowest BCUT2D eigenvalue weighted by molar-refractivity contribution is -0.0517. The van der Waals surface area contributed by atoms with Crippen molar-refractivity contribution in [2.45, 2.75) is 6.61 Å². The molecule has 7 heteroatoms. The number of nitrogens with zero attached hydrogens (tertiary/aromatic N) is 1. The van der Waals surface area contributed by atoms with E-state index in [9.17, 15) is 13.6 Å². The second kappa shape index (κ2) is 6.51. The molecule has 0 unspecified atom stereocenters. The molecule has 1 aliphatic rings. The van der Waals surface area contributed by atoms with Crippen molar-refractivity contribution in [2.24, 2.45) is 0 Å². The lowest BCUT2D eigenvalue weighted by Gasteiger charge is -2.27. The molecule has 0 saturated carbocycles. The zero-order valence-corrected chi connectivity index (χ0v) is 11.0. The van der Waals surface area contributed by atoms with Gasteiger partial charge in [-0.25, -0.2) is 0 Å². The number of carbonyl (C=O) groups is 1. The van der Waals surface area contributed by atoms with Gasteiger partial charge in [0.1, 0.15) is 0 Å². The number of methoxy groups -OCH3 is 1. The van der Waals surface area contributed by atoms with Gasteiger partial charge in [-0.2, -0.15) is 8.78 Å². The molecule has 20 heavy (non-hydrogen) atoms. The number of para-hydroxylation sites is 1. The first-order valence-corrected chi connectivity index (χ1v) is 6.12. The first-order valence-electron chi connectivity index (χ1n) is 6.12. The van der Waals surface area contributed by atoms with Crippen molar-refractivity contribution in [1.29, 1.82) is 0 Å². The van der Waals surface area contributed by atoms with E-state index >= 15 is 0 Å². The molecule has 1 aromatic carbocycles. The van der Waals surface area contributed by atoms with Gasteiger partial charge in [-0.15, -0.1) is 0 Å². The van der Waals surface area contributed by atoms with Gasteiger partial charge in [0.15, 0.2) is 11.5 Å². The number of ether oxygens (including phenoxy) is 3. The smallest absolute Gasteiger partial charge is 0.387 e. The molecule has 2 rings (SSSR count). The van der Waals surface area contributed by atoms with Gasteiger partial charge in [-0.05, 0) is 12.1 Å². The summed E-state index contributed by atoms with van der Waals surface area (Å²) in [5.41, 5.74) is 0.0616. The molecule has 0 N–H and O–H groups in total. The Labute approximate surface area is 115 Å². The molecule has 0 aliphatic carbocycles. The molecule has 1 heterocycles. The molecular formula is C13H15F2NO4. The zero-order valence-electron chi connectivity index (χ0n) is 11.0. The van der Waals surface area contributed by atoms with Crippen LogP contribution in [0.5, 0.6) is 11.5 Å². The van der Waals surface area contributed by atoms with E-state index in [1.54, 1.807) is 6.07 Å². The van der Waals surface area contributed by atoms with Crippen LogP contribution in [0.3, 0.4) is 0 Å². The standard InChI is InChI=1S/C13H15F2NO4/c1-18-10-4-2-3-9(11(10)20-13(14)15)12(17)16-5-7-19-8-6-16/h2-4,13H,5-8H2,1H3. The summed E-state index contributed by atoms with van der Waals surface area (Å²) in [5.74, 6) is -0.506. The summed E-state index contributed by atoms with van der Waals surface area (Å²) in [6, 6.07) is 4.47. The summed E-state index contributed by atoms with van der Waals surface area (Å²) in [7, 11) is 1.33. The van der Waals surface area contributed by atoms with Gasteiger partial charge >= 0.3 is 6.61 Å². The first-order chi connectivity index (χ1) is 9.63. The fraction of sp³-hybridized carbons (Fsp3) is 0.462. The third kappa shape index (κ3) is 3.16. The predicted octanol–water partition coefficient (Wildman–Crippen LogP) is 1.77. The Morgan fingerprint density at radius 1 is 1.35 bits per heavy atom. The lowest BCUT2D eigenvalue weighted by Crippen LogP contribution is -2.40. The molecule has 1 fully saturated rings. The van der Waals surface area contributed by atoms with E-state index in [1.165, 1.54) is 24.1 Å². The first kappa shape index (κ1) is 14.5. The van der Waals surface area contributed by atoms with Gasteiger partial charge in [-0.1, -0.05) is 6.07 Å². The molecule has 1 aliphatic heterocycles. The van der Waals surface area contributed by atoms with Crippen molar-refractivity contribution >= 4 is 5.91 Å². The number of hydrogen-bond donors (Lipinski definition) is 0. The van der Waals surface area contributed by atoms with Crippen molar-refractivity contribution in [2.75, 3.05) is 33.4 Å². The Hall–Kier alpha value is -1.89. The van der Waals surface area contributed by atoms with Crippen molar-refractivity contribution in [3.8, 4) is 11.5 Å². The Bertz CT molecular complexity index is 475. The Morgan fingerprint density at radius 2 is 2.05 bits per heavy atom. The van der Waals surface area contributed by atoms with E-state index < -0.39 is 6.61 Å². The molecule has 0 spiro atoms. The van der Waals surface area contributed by atoms with Crippen LogP contribution in [-0.2, 0) is 4.74 Å². The SMILES string of the molecule is COc1cccc(C(=O)N2CCOCC2)c1OC(F)F. The van der Waals surface area contributed by atoms with Gasteiger partial charge in [0, 0.05) is 13.1 Å². The number of benzene rings is 1. The van der Waals surface area contributed by atoms with Crippen molar-refractivity contribution in [1.82, 2.24) is 4.90 Å². The van der Waals surface area contributed by atoms with Crippen LogP contribution in [0.1, 0.15) is 10.4 Å². The normalized spacial score (nSPS) is 15.3. The number of amides is 1. The van der Waals surface area contributed by atoms with E-state index in [2.05, 4.69) is 4.74 Å². The quantitative estimate of drug-likeness (QED) is 0.847. The summed E-state index contributed by atoms with van der Waals surface area (Å²) in [6.45, 7) is -1.32. The maximum Gasteiger partial charge on any atom is 0.387 e. The fourth-order valence-electron chi connectivity index (χ4n) is 1.99. The number of rotatable bonds is 4. The maximum atomic E-state index is 12.5. The summed E-state index contributed by atoms with van der Waals surface area (Å²) >= 11 is 0. The second-order valence-corrected chi connectivity index (χ2v) is 4.12. The Morgan fingerprint density at radius 3 is 2.65 bits per heavy atom. The summed E-state index contributed by atoms with van der Waals surface area (Å²) in [4.78, 5) is 13.9. The molecular weight excluding hydrogens is 272 g/mol. The average molecular weight is 287 g/mol. The number of morpholine rings is 1. The zero-order chi connectivity index (χ0) is 14.5. The number of halogens is 2. The molecule has 110 valence electrons. The number of alkyl halides is 2. The monoisotopic (exact) mass is 287 g/mol. The predicted molar refractivity (Wildman–Crippen MR) is 66.3 cm³/mol. The lowest BCUT2D eigenvalue weighted by atomic mass is 10.1. The van der Waals surface area contributed by atoms with Crippen molar-refractivity contribution in [3.63, 3.8) is 0 Å². The average Bonchev–Trinajstić information content (AvgIpc) is 2.47. The second-order valence-electron chi connectivity index (χ2n) is 4.12. The number of carbonyl (C=O) groups excluding carboxylic acids is 1. The molecule has 1 saturated heterocycles. The Balaban J connectivity index is 2.31. The molecule has 5 nitrogen and oxygen atoms in total. The molecule has 0 aromatic heterocycles. The minimum Gasteiger partial charge on any atom is -0.493 e. The molecule has 0 radical (unpaired) electrons. The van der Waals surface area contributed by atoms with Gasteiger partial charge in [-0.3, -0.25) is 4.79 Å². The van der Waals surface area contributed by atoms with Crippen LogP contribution in [0.15, 0.2) is 18.2 Å². The van der Waals surface area contributed by atoms with E-state index in [4.69, 9.17) is 9.47 Å². The molecule has 0 bridgehead atoms. The fourth-order valence-corrected chi connectivity index (χ4v) is 1.99. The van der Waals surface area contributed by atoms with Crippen LogP contribution in [-0.4, -0.2) is 50.8 Å². The van der Waals surface area contributed by atoms with Gasteiger partial charge in [0.05, 0.1) is 25.9 Å². The highest BCUT2D eigenvalue weighted by molar-refractivity contribution is 5.97. The highest BCUT2D eigenvalue weighted by Gasteiger charge is 2.25.